The predicted octanol–water partition coefficient (Wildman–Crippen LogP) is 1.40. The van der Waals surface area contributed by atoms with Crippen LogP contribution >= 0.6 is 0 Å². The van der Waals surface area contributed by atoms with Crippen LogP contribution in [-0.4, -0.2) is 35.9 Å². The fraction of sp³-hybridized carbons (Fsp3) is 0.176. The zero-order chi connectivity index (χ0) is 17.8. The van der Waals surface area contributed by atoms with Crippen LogP contribution in [0.4, 0.5) is 17.2 Å². The molecule has 3 rings (SSSR count). The van der Waals surface area contributed by atoms with Crippen molar-refractivity contribution in [3.63, 3.8) is 0 Å². The Morgan fingerprint density at radius 2 is 1.96 bits per heavy atom. The Hall–Kier alpha value is -3.42. The lowest BCUT2D eigenvalue weighted by Gasteiger charge is -2.27. The molecule has 25 heavy (non-hydrogen) atoms. The first kappa shape index (κ1) is 16.4. The molecule has 0 spiro atoms. The van der Waals surface area contributed by atoms with Crippen molar-refractivity contribution in [2.24, 2.45) is 0 Å². The van der Waals surface area contributed by atoms with Gasteiger partial charge in [-0.25, -0.2) is 4.98 Å². The molecule has 0 aliphatic carbocycles. The first-order chi connectivity index (χ1) is 12.0. The lowest BCUT2D eigenvalue weighted by atomic mass is 10.2. The third-order valence-corrected chi connectivity index (χ3v) is 3.43. The van der Waals surface area contributed by atoms with Gasteiger partial charge in [0.15, 0.2) is 18.2 Å². The number of nitrogens with zero attached hydrogens (tertiary/aromatic N) is 2. The number of ether oxygens (including phenoxy) is 1. The van der Waals surface area contributed by atoms with Gasteiger partial charge in [-0.2, -0.15) is 0 Å². The highest BCUT2D eigenvalue weighted by atomic mass is 16.5. The Kier molecular flexibility index (Phi) is 4.60. The van der Waals surface area contributed by atoms with Gasteiger partial charge in [0.2, 0.25) is 11.8 Å². The van der Waals surface area contributed by atoms with E-state index in [1.807, 2.05) is 0 Å². The summed E-state index contributed by atoms with van der Waals surface area (Å²) in [5, 5.41) is 5.34. The Labute approximate surface area is 143 Å². The molecule has 8 heteroatoms. The highest BCUT2D eigenvalue weighted by molar-refractivity contribution is 6.04. The van der Waals surface area contributed by atoms with E-state index in [0.717, 1.165) is 0 Å². The van der Waals surface area contributed by atoms with Crippen LogP contribution in [0.2, 0.25) is 0 Å². The second-order valence-electron chi connectivity index (χ2n) is 5.40. The standard InChI is InChI=1S/C17H16N4O4/c1-11(22)19-12-4-2-5-13(8-12)20-15(23)9-21-16(24)10-25-14-6-3-7-18-17(14)21/h2-8H,9-10H2,1H3,(H,19,22)(H,20,23). The summed E-state index contributed by atoms with van der Waals surface area (Å²) >= 11 is 0. The van der Waals surface area contributed by atoms with Crippen molar-refractivity contribution in [1.82, 2.24) is 4.98 Å². The van der Waals surface area contributed by atoms with Gasteiger partial charge in [0, 0.05) is 24.5 Å². The number of fused-ring (bicyclic) bond motifs is 1. The SMILES string of the molecule is CC(=O)Nc1cccc(NC(=O)CN2C(=O)COc3cccnc32)c1. The number of rotatable bonds is 4. The van der Waals surface area contributed by atoms with Crippen molar-refractivity contribution in [3.05, 3.63) is 42.6 Å². The summed E-state index contributed by atoms with van der Waals surface area (Å²) in [6.07, 6.45) is 1.53. The van der Waals surface area contributed by atoms with Crippen LogP contribution in [0.15, 0.2) is 42.6 Å². The summed E-state index contributed by atoms with van der Waals surface area (Å²) < 4.78 is 5.29. The van der Waals surface area contributed by atoms with Gasteiger partial charge in [-0.3, -0.25) is 19.3 Å². The van der Waals surface area contributed by atoms with E-state index in [-0.39, 0.29) is 30.9 Å². The molecule has 3 amide bonds. The summed E-state index contributed by atoms with van der Waals surface area (Å²) in [7, 11) is 0. The number of carbonyl (C=O) groups is 3. The maximum Gasteiger partial charge on any atom is 0.266 e. The smallest absolute Gasteiger partial charge is 0.266 e. The minimum absolute atomic E-state index is 0.135. The molecule has 1 aromatic carbocycles. The van der Waals surface area contributed by atoms with Crippen LogP contribution in [0.1, 0.15) is 6.92 Å². The second kappa shape index (κ2) is 7.00. The molecule has 1 aliphatic rings. The molecule has 8 nitrogen and oxygen atoms in total. The monoisotopic (exact) mass is 340 g/mol. The van der Waals surface area contributed by atoms with Crippen LogP contribution in [0, 0.1) is 0 Å². The van der Waals surface area contributed by atoms with Gasteiger partial charge in [-0.05, 0) is 30.3 Å². The number of aromatic nitrogens is 1. The lowest BCUT2D eigenvalue weighted by Crippen LogP contribution is -2.43. The molecular formula is C17H16N4O4. The van der Waals surface area contributed by atoms with Gasteiger partial charge in [0.1, 0.15) is 6.54 Å². The summed E-state index contributed by atoms with van der Waals surface area (Å²) in [6.45, 7) is 1.08. The van der Waals surface area contributed by atoms with Crippen molar-refractivity contribution < 1.29 is 19.1 Å². The normalized spacial score (nSPS) is 12.8. The first-order valence-corrected chi connectivity index (χ1v) is 7.58. The summed E-state index contributed by atoms with van der Waals surface area (Å²) in [5.41, 5.74) is 1.08. The van der Waals surface area contributed by atoms with E-state index in [1.54, 1.807) is 36.4 Å². The molecule has 2 heterocycles. The van der Waals surface area contributed by atoms with E-state index in [9.17, 15) is 14.4 Å². The number of anilines is 3. The van der Waals surface area contributed by atoms with Gasteiger partial charge in [0.25, 0.3) is 5.91 Å². The lowest BCUT2D eigenvalue weighted by molar-refractivity contribution is -0.123. The number of pyridine rings is 1. The largest absolute Gasteiger partial charge is 0.480 e. The fourth-order valence-corrected chi connectivity index (χ4v) is 2.42. The molecule has 128 valence electrons. The molecule has 0 fully saturated rings. The minimum Gasteiger partial charge on any atom is -0.480 e. The van der Waals surface area contributed by atoms with Gasteiger partial charge < -0.3 is 15.4 Å². The first-order valence-electron chi connectivity index (χ1n) is 7.58. The van der Waals surface area contributed by atoms with Crippen LogP contribution in [-0.2, 0) is 14.4 Å². The number of hydrogen-bond donors (Lipinski definition) is 2. The average Bonchev–Trinajstić information content (AvgIpc) is 2.57. The molecule has 1 aliphatic heterocycles. The van der Waals surface area contributed by atoms with E-state index in [2.05, 4.69) is 15.6 Å². The molecule has 0 unspecified atom stereocenters. The molecular weight excluding hydrogens is 324 g/mol. The van der Waals surface area contributed by atoms with Gasteiger partial charge in [0.05, 0.1) is 0 Å². The predicted molar refractivity (Wildman–Crippen MR) is 91.5 cm³/mol. The summed E-state index contributed by atoms with van der Waals surface area (Å²) in [6, 6.07) is 10.1. The molecule has 0 radical (unpaired) electrons. The van der Waals surface area contributed by atoms with Crippen molar-refractivity contribution >= 4 is 34.9 Å². The Balaban J connectivity index is 1.71. The quantitative estimate of drug-likeness (QED) is 0.876. The number of hydrogen-bond acceptors (Lipinski definition) is 5. The molecule has 0 bridgehead atoms. The van der Waals surface area contributed by atoms with Crippen LogP contribution in [0.3, 0.4) is 0 Å². The molecule has 1 aromatic heterocycles. The van der Waals surface area contributed by atoms with E-state index < -0.39 is 0 Å². The number of benzene rings is 1. The Morgan fingerprint density at radius 1 is 1.20 bits per heavy atom. The fourth-order valence-electron chi connectivity index (χ4n) is 2.42. The number of carbonyl (C=O) groups excluding carboxylic acids is 3. The van der Waals surface area contributed by atoms with E-state index in [1.165, 1.54) is 18.0 Å². The van der Waals surface area contributed by atoms with Crippen LogP contribution < -0.4 is 20.3 Å². The van der Waals surface area contributed by atoms with Gasteiger partial charge in [-0.15, -0.1) is 0 Å². The zero-order valence-electron chi connectivity index (χ0n) is 13.5. The minimum atomic E-state index is -0.383. The van der Waals surface area contributed by atoms with Crippen LogP contribution in [0.25, 0.3) is 0 Å². The van der Waals surface area contributed by atoms with Crippen molar-refractivity contribution in [1.29, 1.82) is 0 Å². The average molecular weight is 340 g/mol. The van der Waals surface area contributed by atoms with E-state index in [4.69, 9.17) is 4.74 Å². The molecule has 0 saturated carbocycles. The summed E-state index contributed by atoms with van der Waals surface area (Å²) in [5.74, 6) is -0.145. The van der Waals surface area contributed by atoms with E-state index in [0.29, 0.717) is 22.9 Å². The molecule has 0 saturated heterocycles. The van der Waals surface area contributed by atoms with Crippen molar-refractivity contribution in [2.75, 3.05) is 28.7 Å². The van der Waals surface area contributed by atoms with E-state index >= 15 is 0 Å². The Bertz CT molecular complexity index is 837. The maximum absolute atomic E-state index is 12.3. The Morgan fingerprint density at radius 3 is 2.72 bits per heavy atom. The molecule has 2 aromatic rings. The molecule has 0 atom stereocenters. The van der Waals surface area contributed by atoms with Gasteiger partial charge >= 0.3 is 0 Å². The summed E-state index contributed by atoms with van der Waals surface area (Å²) in [4.78, 5) is 40.9. The zero-order valence-corrected chi connectivity index (χ0v) is 13.5. The highest BCUT2D eigenvalue weighted by Crippen LogP contribution is 2.28. The number of amides is 3. The second-order valence-corrected chi connectivity index (χ2v) is 5.40. The third kappa shape index (κ3) is 3.92. The highest BCUT2D eigenvalue weighted by Gasteiger charge is 2.28. The van der Waals surface area contributed by atoms with Crippen molar-refractivity contribution in [2.45, 2.75) is 6.92 Å². The molecule has 2 N–H and O–H groups in total. The topological polar surface area (TPSA) is 101 Å². The van der Waals surface area contributed by atoms with Crippen molar-refractivity contribution in [3.8, 4) is 5.75 Å². The number of nitrogens with one attached hydrogen (secondary N) is 2. The van der Waals surface area contributed by atoms with Gasteiger partial charge in [-0.1, -0.05) is 6.07 Å². The maximum atomic E-state index is 12.3. The third-order valence-electron chi connectivity index (χ3n) is 3.43. The van der Waals surface area contributed by atoms with Crippen LogP contribution in [0.5, 0.6) is 5.75 Å².